The van der Waals surface area contributed by atoms with Crippen LogP contribution in [0.1, 0.15) is 0 Å². The Hall–Kier alpha value is -2.09. The van der Waals surface area contributed by atoms with E-state index in [2.05, 4.69) is 17.1 Å². The van der Waals surface area contributed by atoms with Crippen LogP contribution in [0, 0.1) is 0 Å². The highest BCUT2D eigenvalue weighted by Gasteiger charge is 2.24. The maximum absolute atomic E-state index is 5.42. The van der Waals surface area contributed by atoms with E-state index < -0.39 is 0 Å². The minimum atomic E-state index is 0.987. The maximum atomic E-state index is 5.42. The summed E-state index contributed by atoms with van der Waals surface area (Å²) in [5.74, 6) is 1.98. The number of rotatable bonds is 0. The summed E-state index contributed by atoms with van der Waals surface area (Å²) in [6.45, 7) is 0. The number of hydrogen-bond acceptors (Lipinski definition) is 2. The van der Waals surface area contributed by atoms with Crippen molar-refractivity contribution in [2.75, 3.05) is 0 Å². The molecule has 1 aliphatic rings. The summed E-state index contributed by atoms with van der Waals surface area (Å²) in [5.41, 5.74) is 1.00. The van der Waals surface area contributed by atoms with Gasteiger partial charge in [-0.2, -0.15) is 0 Å². The molecule has 3 aromatic rings. The number of benzene rings is 2. The third-order valence-corrected chi connectivity index (χ3v) is 2.84. The molecule has 0 unspecified atom stereocenters. The van der Waals surface area contributed by atoms with Crippen molar-refractivity contribution >= 4 is 21.7 Å². The van der Waals surface area contributed by atoms with E-state index in [4.69, 9.17) is 4.74 Å². The van der Waals surface area contributed by atoms with Crippen molar-refractivity contribution in [1.29, 1.82) is 0 Å². The highest BCUT2D eigenvalue weighted by atomic mass is 16.6. The van der Waals surface area contributed by atoms with Crippen LogP contribution in [0.25, 0.3) is 21.7 Å². The SMILES string of the molecule is c1ccc2c(c1)cnc1ccc3c(c12)O3. The molecule has 2 nitrogen and oxygen atoms in total. The number of ether oxygens (including phenoxy) is 1. The van der Waals surface area contributed by atoms with Crippen LogP contribution < -0.4 is 4.74 Å². The van der Waals surface area contributed by atoms with Gasteiger partial charge in [-0.1, -0.05) is 24.3 Å². The Morgan fingerprint density at radius 3 is 2.93 bits per heavy atom. The number of fused-ring (bicyclic) bond motifs is 5. The average Bonchev–Trinajstić information content (AvgIpc) is 3.07. The van der Waals surface area contributed by atoms with E-state index in [9.17, 15) is 0 Å². The molecule has 2 heteroatoms. The Bertz CT molecular complexity index is 703. The molecule has 0 bridgehead atoms. The Balaban J connectivity index is 2.35. The fraction of sp³-hybridized carbons (Fsp3) is 0. The second kappa shape index (κ2) is 2.28. The first-order valence-corrected chi connectivity index (χ1v) is 4.92. The Kier molecular flexibility index (Phi) is 1.10. The molecule has 0 saturated carbocycles. The number of pyridine rings is 1. The second-order valence-electron chi connectivity index (χ2n) is 3.73. The highest BCUT2D eigenvalue weighted by Crippen LogP contribution is 2.51. The molecule has 15 heavy (non-hydrogen) atoms. The number of nitrogens with zero attached hydrogens (tertiary/aromatic N) is 1. The molecule has 0 radical (unpaired) electrons. The summed E-state index contributed by atoms with van der Waals surface area (Å²) in [7, 11) is 0. The summed E-state index contributed by atoms with van der Waals surface area (Å²) in [5, 5.41) is 3.52. The summed E-state index contributed by atoms with van der Waals surface area (Å²) >= 11 is 0. The van der Waals surface area contributed by atoms with Gasteiger partial charge in [-0.15, -0.1) is 0 Å². The molecule has 0 amide bonds. The standard InChI is InChI=1S/C13H7NO/c1-2-4-9-8(3-1)7-14-10-5-6-11-13(15-11)12(9)10/h1-7H. The van der Waals surface area contributed by atoms with E-state index in [1.807, 2.05) is 30.5 Å². The summed E-state index contributed by atoms with van der Waals surface area (Å²) in [4.78, 5) is 4.42. The third kappa shape index (κ3) is 0.859. The molecule has 0 fully saturated rings. The molecule has 0 N–H and O–H groups in total. The third-order valence-electron chi connectivity index (χ3n) is 2.84. The lowest BCUT2D eigenvalue weighted by atomic mass is 10.1. The van der Waals surface area contributed by atoms with Crippen LogP contribution in [0.2, 0.25) is 0 Å². The predicted molar refractivity (Wildman–Crippen MR) is 59.3 cm³/mol. The molecule has 0 atom stereocenters. The lowest BCUT2D eigenvalue weighted by molar-refractivity contribution is 0.653. The second-order valence-corrected chi connectivity index (χ2v) is 3.73. The molecule has 1 aromatic heterocycles. The predicted octanol–water partition coefficient (Wildman–Crippen LogP) is 3.49. The van der Waals surface area contributed by atoms with Crippen LogP contribution in [-0.2, 0) is 0 Å². The minimum absolute atomic E-state index is 0.987. The quantitative estimate of drug-likeness (QED) is 0.315. The molecule has 0 aliphatic carbocycles. The van der Waals surface area contributed by atoms with Gasteiger partial charge in [0.1, 0.15) is 0 Å². The molecule has 1 aliphatic heterocycles. The van der Waals surface area contributed by atoms with Crippen molar-refractivity contribution in [2.24, 2.45) is 0 Å². The molecule has 4 rings (SSSR count). The monoisotopic (exact) mass is 193 g/mol. The highest BCUT2D eigenvalue weighted by molar-refractivity contribution is 6.11. The van der Waals surface area contributed by atoms with Crippen LogP contribution in [0.3, 0.4) is 0 Å². The van der Waals surface area contributed by atoms with Gasteiger partial charge in [-0.3, -0.25) is 4.98 Å². The Morgan fingerprint density at radius 2 is 1.93 bits per heavy atom. The van der Waals surface area contributed by atoms with E-state index in [1.54, 1.807) is 0 Å². The summed E-state index contributed by atoms with van der Waals surface area (Å²) in [6, 6.07) is 12.2. The topological polar surface area (TPSA) is 25.4 Å². The normalized spacial score (nSPS) is 12.5. The van der Waals surface area contributed by atoms with E-state index in [0.717, 1.165) is 27.8 Å². The van der Waals surface area contributed by atoms with Crippen LogP contribution >= 0.6 is 0 Å². The van der Waals surface area contributed by atoms with Gasteiger partial charge in [-0.05, 0) is 17.5 Å². The average molecular weight is 193 g/mol. The lowest BCUT2D eigenvalue weighted by Crippen LogP contribution is -1.78. The van der Waals surface area contributed by atoms with E-state index >= 15 is 0 Å². The van der Waals surface area contributed by atoms with Gasteiger partial charge in [0.25, 0.3) is 0 Å². The fourth-order valence-corrected chi connectivity index (χ4v) is 2.07. The van der Waals surface area contributed by atoms with Crippen LogP contribution in [0.5, 0.6) is 11.5 Å². The van der Waals surface area contributed by atoms with Crippen molar-refractivity contribution in [3.8, 4) is 11.5 Å². The van der Waals surface area contributed by atoms with Crippen LogP contribution in [-0.4, -0.2) is 4.98 Å². The van der Waals surface area contributed by atoms with Gasteiger partial charge in [0.15, 0.2) is 11.5 Å². The summed E-state index contributed by atoms with van der Waals surface area (Å²) in [6.07, 6.45) is 1.91. The van der Waals surface area contributed by atoms with E-state index in [0.29, 0.717) is 0 Å². The lowest BCUT2D eigenvalue weighted by Gasteiger charge is -1.99. The zero-order chi connectivity index (χ0) is 9.83. The smallest absolute Gasteiger partial charge is 0.180 e. The molecule has 70 valence electrons. The first-order chi connectivity index (χ1) is 7.43. The maximum Gasteiger partial charge on any atom is 0.180 e. The van der Waals surface area contributed by atoms with E-state index in [1.165, 1.54) is 5.39 Å². The van der Waals surface area contributed by atoms with Crippen molar-refractivity contribution in [2.45, 2.75) is 0 Å². The molecule has 2 aromatic carbocycles. The molecular formula is C13H7NO. The summed E-state index contributed by atoms with van der Waals surface area (Å²) < 4.78 is 5.42. The van der Waals surface area contributed by atoms with Gasteiger partial charge in [0, 0.05) is 11.6 Å². The van der Waals surface area contributed by atoms with Gasteiger partial charge >= 0.3 is 0 Å². The van der Waals surface area contributed by atoms with E-state index in [-0.39, 0.29) is 0 Å². The largest absolute Gasteiger partial charge is 0.449 e. The Labute approximate surface area is 86.1 Å². The first kappa shape index (κ1) is 7.23. The zero-order valence-corrected chi connectivity index (χ0v) is 7.90. The number of hydrogen-bond donors (Lipinski definition) is 0. The molecule has 2 heterocycles. The molecule has 0 saturated heterocycles. The van der Waals surface area contributed by atoms with Gasteiger partial charge in [0.2, 0.25) is 0 Å². The minimum Gasteiger partial charge on any atom is -0.449 e. The van der Waals surface area contributed by atoms with Crippen LogP contribution in [0.4, 0.5) is 0 Å². The molecular weight excluding hydrogens is 186 g/mol. The molecule has 0 spiro atoms. The van der Waals surface area contributed by atoms with Gasteiger partial charge < -0.3 is 4.74 Å². The van der Waals surface area contributed by atoms with Crippen molar-refractivity contribution < 1.29 is 4.74 Å². The first-order valence-electron chi connectivity index (χ1n) is 4.92. The van der Waals surface area contributed by atoms with Crippen molar-refractivity contribution in [1.82, 2.24) is 4.98 Å². The zero-order valence-electron chi connectivity index (χ0n) is 7.90. The van der Waals surface area contributed by atoms with Crippen LogP contribution in [0.15, 0.2) is 42.6 Å². The van der Waals surface area contributed by atoms with Crippen molar-refractivity contribution in [3.05, 3.63) is 42.6 Å². The van der Waals surface area contributed by atoms with Gasteiger partial charge in [0.05, 0.1) is 10.9 Å². The van der Waals surface area contributed by atoms with Gasteiger partial charge in [-0.25, -0.2) is 0 Å². The number of aromatic nitrogens is 1. The Morgan fingerprint density at radius 1 is 1.00 bits per heavy atom. The van der Waals surface area contributed by atoms with Crippen molar-refractivity contribution in [3.63, 3.8) is 0 Å². The fourth-order valence-electron chi connectivity index (χ4n) is 2.07.